The third-order valence-electron chi connectivity index (χ3n) is 4.42. The topological polar surface area (TPSA) is 141 Å². The van der Waals surface area contributed by atoms with Crippen LogP contribution in [0, 0.1) is 32.1 Å². The number of hydrogen-bond acceptors (Lipinski definition) is 6. The van der Waals surface area contributed by atoms with Gasteiger partial charge in [0.25, 0.3) is 11.4 Å². The van der Waals surface area contributed by atoms with Crippen molar-refractivity contribution < 1.29 is 24.5 Å². The lowest BCUT2D eigenvalue weighted by Gasteiger charge is -2.13. The number of aliphatic carboxylic acids is 1. The van der Waals surface area contributed by atoms with E-state index in [1.165, 1.54) is 0 Å². The summed E-state index contributed by atoms with van der Waals surface area (Å²) in [5.74, 6) is -3.21. The van der Waals surface area contributed by atoms with Crippen LogP contribution in [-0.2, 0) is 15.0 Å². The highest BCUT2D eigenvalue weighted by Crippen LogP contribution is 2.57. The number of ketones is 1. The lowest BCUT2D eigenvalue weighted by molar-refractivity contribution is -0.394. The molecule has 0 radical (unpaired) electrons. The van der Waals surface area contributed by atoms with Crippen LogP contribution < -0.4 is 0 Å². The number of carboxylic acids is 1. The monoisotopic (exact) mass is 322 g/mol. The number of non-ortho nitro benzene ring substituents is 1. The molecule has 9 nitrogen and oxygen atoms in total. The van der Waals surface area contributed by atoms with Crippen LogP contribution in [0.4, 0.5) is 11.4 Å². The zero-order chi connectivity index (χ0) is 17.5. The minimum atomic E-state index is -1.99. The Balaban J connectivity index is 2.68. The molecule has 1 N–H and O–H groups in total. The third-order valence-corrected chi connectivity index (χ3v) is 4.42. The number of nitro groups is 2. The normalized spacial score (nSPS) is 24.1. The first-order valence-corrected chi connectivity index (χ1v) is 6.90. The molecule has 0 amide bonds. The van der Waals surface area contributed by atoms with Crippen LogP contribution >= 0.6 is 0 Å². The summed E-state index contributed by atoms with van der Waals surface area (Å²) in [6, 6.07) is 2.68. The zero-order valence-corrected chi connectivity index (χ0v) is 12.4. The van der Waals surface area contributed by atoms with Crippen molar-refractivity contribution in [3.63, 3.8) is 0 Å². The van der Waals surface area contributed by atoms with Crippen LogP contribution in [0.15, 0.2) is 18.2 Å². The van der Waals surface area contributed by atoms with E-state index in [2.05, 4.69) is 0 Å². The molecule has 0 aliphatic heterocycles. The van der Waals surface area contributed by atoms with Crippen LogP contribution in [0.5, 0.6) is 0 Å². The maximum atomic E-state index is 12.2. The van der Waals surface area contributed by atoms with Gasteiger partial charge in [0.1, 0.15) is 0 Å². The molecule has 0 aromatic heterocycles. The molecule has 1 aromatic carbocycles. The number of hydrogen-bond donors (Lipinski definition) is 1. The van der Waals surface area contributed by atoms with Gasteiger partial charge in [-0.05, 0) is 12.0 Å². The van der Waals surface area contributed by atoms with E-state index in [-0.39, 0.29) is 11.5 Å². The summed E-state index contributed by atoms with van der Waals surface area (Å²) in [5, 5.41) is 31.5. The standard InChI is InChI=1S/C14H14N2O7/c1-3-7(2)11-12(17)14(11,13(18)19)9-5-4-8(15(20)21)6-10(9)16(22)23/h4-7,11H,3H2,1-2H3,(H,18,19). The van der Waals surface area contributed by atoms with Gasteiger partial charge in [0.05, 0.1) is 21.5 Å². The maximum Gasteiger partial charge on any atom is 0.322 e. The van der Waals surface area contributed by atoms with Gasteiger partial charge in [0.15, 0.2) is 11.2 Å². The molecule has 1 aliphatic rings. The molecular weight excluding hydrogens is 308 g/mol. The van der Waals surface area contributed by atoms with E-state index in [1.807, 2.05) is 0 Å². The molecule has 1 saturated carbocycles. The third kappa shape index (κ3) is 2.24. The molecule has 0 spiro atoms. The van der Waals surface area contributed by atoms with Gasteiger partial charge in [-0.25, -0.2) is 0 Å². The predicted octanol–water partition coefficient (Wildman–Crippen LogP) is 2.07. The van der Waals surface area contributed by atoms with Gasteiger partial charge >= 0.3 is 5.97 Å². The second kappa shape index (κ2) is 5.41. The predicted molar refractivity (Wildman–Crippen MR) is 77.0 cm³/mol. The summed E-state index contributed by atoms with van der Waals surface area (Å²) in [6.07, 6.45) is 0.534. The van der Waals surface area contributed by atoms with Crippen molar-refractivity contribution in [2.24, 2.45) is 11.8 Å². The Kier molecular flexibility index (Phi) is 3.89. The first kappa shape index (κ1) is 16.5. The first-order chi connectivity index (χ1) is 10.7. The summed E-state index contributed by atoms with van der Waals surface area (Å²) < 4.78 is 0. The highest BCUT2D eigenvalue weighted by molar-refractivity contribution is 6.25. The molecule has 1 fully saturated rings. The highest BCUT2D eigenvalue weighted by atomic mass is 16.6. The summed E-state index contributed by atoms with van der Waals surface area (Å²) in [5.41, 5.74) is -3.54. The number of nitro benzene ring substituents is 2. The first-order valence-electron chi connectivity index (χ1n) is 6.90. The number of Topliss-reactive ketones (excluding diaryl/α,β-unsaturated/α-hetero) is 1. The molecule has 0 bridgehead atoms. The zero-order valence-electron chi connectivity index (χ0n) is 12.4. The summed E-state index contributed by atoms with van der Waals surface area (Å²) >= 11 is 0. The van der Waals surface area contributed by atoms with Crippen LogP contribution in [0.25, 0.3) is 0 Å². The van der Waals surface area contributed by atoms with Crippen LogP contribution in [0.3, 0.4) is 0 Å². The highest BCUT2D eigenvalue weighted by Gasteiger charge is 2.74. The molecule has 0 saturated heterocycles. The van der Waals surface area contributed by atoms with E-state index in [4.69, 9.17) is 0 Å². The number of carboxylic acid groups (broad SMARTS) is 1. The van der Waals surface area contributed by atoms with Gasteiger partial charge in [-0.1, -0.05) is 20.3 Å². The average Bonchev–Trinajstić information content (AvgIpc) is 3.12. The Morgan fingerprint density at radius 1 is 1.35 bits per heavy atom. The Hall–Kier alpha value is -2.84. The molecule has 0 heterocycles. The SMILES string of the molecule is CCC(C)C1C(=O)C1(C(=O)O)c1ccc([N+](=O)[O-])cc1[N+](=O)[O-]. The molecule has 3 atom stereocenters. The summed E-state index contributed by atoms with van der Waals surface area (Å²) in [4.78, 5) is 44.3. The second-order valence-corrected chi connectivity index (χ2v) is 5.56. The second-order valence-electron chi connectivity index (χ2n) is 5.56. The van der Waals surface area contributed by atoms with Crippen LogP contribution in [0.1, 0.15) is 25.8 Å². The van der Waals surface area contributed by atoms with Gasteiger partial charge in [-0.15, -0.1) is 0 Å². The maximum absolute atomic E-state index is 12.2. The van der Waals surface area contributed by atoms with Crippen LogP contribution in [0.2, 0.25) is 0 Å². The van der Waals surface area contributed by atoms with E-state index in [0.717, 1.165) is 12.1 Å². The van der Waals surface area contributed by atoms with E-state index < -0.39 is 44.3 Å². The number of nitrogens with zero attached hydrogens (tertiary/aromatic N) is 2. The van der Waals surface area contributed by atoms with Crippen molar-refractivity contribution in [2.45, 2.75) is 25.7 Å². The van der Waals surface area contributed by atoms with Crippen LogP contribution in [-0.4, -0.2) is 26.7 Å². The lowest BCUT2D eigenvalue weighted by Crippen LogP contribution is -2.27. The largest absolute Gasteiger partial charge is 0.480 e. The van der Waals surface area contributed by atoms with Crippen molar-refractivity contribution in [1.29, 1.82) is 0 Å². The van der Waals surface area contributed by atoms with Gasteiger partial charge in [0, 0.05) is 12.0 Å². The van der Waals surface area contributed by atoms with Gasteiger partial charge in [0.2, 0.25) is 0 Å². The quantitative estimate of drug-likeness (QED) is 0.480. The average molecular weight is 322 g/mol. The molecule has 3 unspecified atom stereocenters. The Morgan fingerprint density at radius 3 is 2.39 bits per heavy atom. The van der Waals surface area contributed by atoms with Gasteiger partial charge in [-0.3, -0.25) is 29.8 Å². The molecule has 1 aromatic rings. The Morgan fingerprint density at radius 2 is 1.96 bits per heavy atom. The van der Waals surface area contributed by atoms with E-state index >= 15 is 0 Å². The van der Waals surface area contributed by atoms with Crippen molar-refractivity contribution >= 4 is 23.1 Å². The molecule has 1 aliphatic carbocycles. The van der Waals surface area contributed by atoms with Crippen molar-refractivity contribution in [3.05, 3.63) is 44.0 Å². The summed E-state index contributed by atoms with van der Waals surface area (Å²) in [6.45, 7) is 3.48. The Labute approximate surface area is 130 Å². The van der Waals surface area contributed by atoms with E-state index in [0.29, 0.717) is 12.5 Å². The van der Waals surface area contributed by atoms with Gasteiger partial charge in [-0.2, -0.15) is 0 Å². The van der Waals surface area contributed by atoms with E-state index in [1.54, 1.807) is 13.8 Å². The smallest absolute Gasteiger partial charge is 0.322 e. The summed E-state index contributed by atoms with van der Waals surface area (Å²) in [7, 11) is 0. The molecule has 2 rings (SSSR count). The number of carbonyl (C=O) groups is 2. The lowest BCUT2D eigenvalue weighted by atomic mass is 9.87. The van der Waals surface area contributed by atoms with Crippen molar-refractivity contribution in [2.75, 3.05) is 0 Å². The molecule has 23 heavy (non-hydrogen) atoms. The fourth-order valence-corrected chi connectivity index (χ4v) is 3.02. The number of rotatable bonds is 6. The van der Waals surface area contributed by atoms with E-state index in [9.17, 15) is 34.9 Å². The van der Waals surface area contributed by atoms with Gasteiger partial charge < -0.3 is 5.11 Å². The van der Waals surface area contributed by atoms with Crippen molar-refractivity contribution in [1.82, 2.24) is 0 Å². The molecule has 9 heteroatoms. The number of benzene rings is 1. The minimum absolute atomic E-state index is 0.270. The fourth-order valence-electron chi connectivity index (χ4n) is 3.02. The fraction of sp³-hybridized carbons (Fsp3) is 0.429. The van der Waals surface area contributed by atoms with Crippen molar-refractivity contribution in [3.8, 4) is 0 Å². The Bertz CT molecular complexity index is 730. The molecular formula is C14H14N2O7. The minimum Gasteiger partial charge on any atom is -0.480 e. The molecule has 122 valence electrons. The number of carbonyl (C=O) groups excluding carboxylic acids is 1.